The lowest BCUT2D eigenvalue weighted by atomic mass is 10.1. The van der Waals surface area contributed by atoms with Crippen molar-refractivity contribution in [1.82, 2.24) is 5.32 Å². The van der Waals surface area contributed by atoms with Crippen molar-refractivity contribution in [1.29, 1.82) is 0 Å². The van der Waals surface area contributed by atoms with Gasteiger partial charge in [-0.2, -0.15) is 0 Å². The molecule has 1 aliphatic rings. The number of Topliss-reactive ketones (excluding diaryl/α,β-unsaturated/α-hetero) is 1. The normalized spacial score (nSPS) is 17.2. The maximum atomic E-state index is 12.7. The highest BCUT2D eigenvalue weighted by atomic mass is 19.1. The average Bonchev–Trinajstić information content (AvgIpc) is 2.57. The zero-order valence-electron chi connectivity index (χ0n) is 9.53. The SMILES string of the molecule is CC(=O)C1=C(O)/C(=C/c2ccc(F)cc2)NC1=O. The fourth-order valence-electron chi connectivity index (χ4n) is 1.64. The second-order valence-corrected chi connectivity index (χ2v) is 3.84. The highest BCUT2D eigenvalue weighted by molar-refractivity contribution is 6.22. The van der Waals surface area contributed by atoms with Crippen molar-refractivity contribution in [3.63, 3.8) is 0 Å². The Morgan fingerprint density at radius 1 is 1.33 bits per heavy atom. The summed E-state index contributed by atoms with van der Waals surface area (Å²) in [6.45, 7) is 1.20. The summed E-state index contributed by atoms with van der Waals surface area (Å²) in [5, 5.41) is 12.1. The van der Waals surface area contributed by atoms with Gasteiger partial charge in [0.05, 0.1) is 5.70 Å². The summed E-state index contributed by atoms with van der Waals surface area (Å²) in [6, 6.07) is 5.51. The summed E-state index contributed by atoms with van der Waals surface area (Å²) in [6.07, 6.45) is 1.46. The molecule has 0 unspecified atom stereocenters. The fraction of sp³-hybridized carbons (Fsp3) is 0.0769. The van der Waals surface area contributed by atoms with Crippen LogP contribution in [0.5, 0.6) is 0 Å². The predicted octanol–water partition coefficient (Wildman–Crippen LogP) is 1.70. The van der Waals surface area contributed by atoms with E-state index in [1.807, 2.05) is 0 Å². The molecule has 4 nitrogen and oxygen atoms in total. The zero-order valence-corrected chi connectivity index (χ0v) is 9.53. The molecule has 0 atom stereocenters. The summed E-state index contributed by atoms with van der Waals surface area (Å²) in [5.74, 6) is -1.89. The van der Waals surface area contributed by atoms with Crippen molar-refractivity contribution in [2.45, 2.75) is 6.92 Å². The van der Waals surface area contributed by atoms with E-state index in [-0.39, 0.29) is 22.8 Å². The molecule has 0 fully saturated rings. The van der Waals surface area contributed by atoms with Crippen LogP contribution in [-0.4, -0.2) is 16.8 Å². The molecule has 1 amide bonds. The molecule has 1 aromatic rings. The number of halogens is 1. The van der Waals surface area contributed by atoms with Crippen molar-refractivity contribution in [3.8, 4) is 0 Å². The number of ketones is 1. The molecular formula is C13H10FNO3. The smallest absolute Gasteiger partial charge is 0.263 e. The Labute approximate surface area is 102 Å². The first-order valence-electron chi connectivity index (χ1n) is 5.22. The number of hydrogen-bond donors (Lipinski definition) is 2. The van der Waals surface area contributed by atoms with Gasteiger partial charge in [0.1, 0.15) is 11.4 Å². The molecule has 2 rings (SSSR count). The van der Waals surface area contributed by atoms with Crippen LogP contribution in [0.25, 0.3) is 6.08 Å². The minimum absolute atomic E-state index is 0.136. The van der Waals surface area contributed by atoms with Crippen LogP contribution in [0.15, 0.2) is 41.3 Å². The molecule has 18 heavy (non-hydrogen) atoms. The van der Waals surface area contributed by atoms with Gasteiger partial charge in [-0.1, -0.05) is 12.1 Å². The van der Waals surface area contributed by atoms with Gasteiger partial charge in [0, 0.05) is 0 Å². The Morgan fingerprint density at radius 3 is 2.44 bits per heavy atom. The number of aliphatic hydroxyl groups excluding tert-OH is 1. The van der Waals surface area contributed by atoms with Crippen LogP contribution < -0.4 is 5.32 Å². The van der Waals surface area contributed by atoms with Gasteiger partial charge in [-0.25, -0.2) is 4.39 Å². The Hall–Kier alpha value is -2.43. The third kappa shape index (κ3) is 2.15. The first kappa shape index (κ1) is 12.0. The molecular weight excluding hydrogens is 237 g/mol. The van der Waals surface area contributed by atoms with Crippen LogP contribution in [-0.2, 0) is 9.59 Å². The van der Waals surface area contributed by atoms with Gasteiger partial charge in [-0.15, -0.1) is 0 Å². The van der Waals surface area contributed by atoms with E-state index >= 15 is 0 Å². The second kappa shape index (κ2) is 4.44. The minimum Gasteiger partial charge on any atom is -0.505 e. The number of carbonyl (C=O) groups excluding carboxylic acids is 2. The quantitative estimate of drug-likeness (QED) is 0.781. The molecule has 0 aromatic heterocycles. The molecule has 2 N–H and O–H groups in total. The van der Waals surface area contributed by atoms with E-state index in [1.54, 1.807) is 0 Å². The van der Waals surface area contributed by atoms with Crippen molar-refractivity contribution in [2.24, 2.45) is 0 Å². The fourth-order valence-corrected chi connectivity index (χ4v) is 1.64. The predicted molar refractivity (Wildman–Crippen MR) is 62.9 cm³/mol. The lowest BCUT2D eigenvalue weighted by Crippen LogP contribution is -2.18. The number of nitrogens with one attached hydrogen (secondary N) is 1. The van der Waals surface area contributed by atoms with Gasteiger partial charge < -0.3 is 10.4 Å². The third-order valence-corrected chi connectivity index (χ3v) is 2.50. The van der Waals surface area contributed by atoms with E-state index in [2.05, 4.69) is 5.32 Å². The summed E-state index contributed by atoms with van der Waals surface area (Å²) >= 11 is 0. The van der Waals surface area contributed by atoms with Crippen LogP contribution in [0.4, 0.5) is 4.39 Å². The first-order chi connectivity index (χ1) is 8.49. The van der Waals surface area contributed by atoms with Gasteiger partial charge >= 0.3 is 0 Å². The van der Waals surface area contributed by atoms with E-state index in [1.165, 1.54) is 37.3 Å². The average molecular weight is 247 g/mol. The van der Waals surface area contributed by atoms with Gasteiger partial charge in [0.2, 0.25) is 0 Å². The molecule has 0 radical (unpaired) electrons. The summed E-state index contributed by atoms with van der Waals surface area (Å²) in [4.78, 5) is 22.6. The number of amides is 1. The number of rotatable bonds is 2. The Balaban J connectivity index is 2.39. The molecule has 1 heterocycles. The zero-order chi connectivity index (χ0) is 13.3. The van der Waals surface area contributed by atoms with E-state index in [4.69, 9.17) is 0 Å². The van der Waals surface area contributed by atoms with Crippen LogP contribution in [0.2, 0.25) is 0 Å². The largest absolute Gasteiger partial charge is 0.505 e. The van der Waals surface area contributed by atoms with Gasteiger partial charge in [-0.05, 0) is 30.7 Å². The topological polar surface area (TPSA) is 66.4 Å². The van der Waals surface area contributed by atoms with Crippen LogP contribution in [0, 0.1) is 5.82 Å². The van der Waals surface area contributed by atoms with E-state index in [9.17, 15) is 19.1 Å². The van der Waals surface area contributed by atoms with Crippen LogP contribution in [0.1, 0.15) is 12.5 Å². The molecule has 1 aromatic carbocycles. The van der Waals surface area contributed by atoms with Crippen LogP contribution >= 0.6 is 0 Å². The maximum Gasteiger partial charge on any atom is 0.263 e. The molecule has 0 saturated carbocycles. The highest BCUT2D eigenvalue weighted by Crippen LogP contribution is 2.21. The molecule has 0 saturated heterocycles. The van der Waals surface area contributed by atoms with Gasteiger partial charge in [-0.3, -0.25) is 9.59 Å². The monoisotopic (exact) mass is 247 g/mol. The summed E-state index contributed by atoms with van der Waals surface area (Å²) < 4.78 is 12.7. The standard InChI is InChI=1S/C13H10FNO3/c1-7(16)11-12(17)10(15-13(11)18)6-8-2-4-9(14)5-3-8/h2-6,17H,1H3,(H,15,18)/b10-6-. The van der Waals surface area contributed by atoms with Crippen molar-refractivity contribution >= 4 is 17.8 Å². The lowest BCUT2D eigenvalue weighted by Gasteiger charge is -1.99. The molecule has 1 aliphatic heterocycles. The second-order valence-electron chi connectivity index (χ2n) is 3.84. The number of hydrogen-bond acceptors (Lipinski definition) is 3. The van der Waals surface area contributed by atoms with Gasteiger partial charge in [0.15, 0.2) is 11.5 Å². The van der Waals surface area contributed by atoms with Crippen molar-refractivity contribution < 1.29 is 19.1 Å². The van der Waals surface area contributed by atoms with Crippen molar-refractivity contribution in [2.75, 3.05) is 0 Å². The Kier molecular flexibility index (Phi) is 2.97. The number of aliphatic hydroxyl groups is 1. The highest BCUT2D eigenvalue weighted by Gasteiger charge is 2.29. The Morgan fingerprint density at radius 2 is 1.94 bits per heavy atom. The van der Waals surface area contributed by atoms with E-state index in [0.29, 0.717) is 5.56 Å². The van der Waals surface area contributed by atoms with Crippen molar-refractivity contribution in [3.05, 3.63) is 52.7 Å². The molecule has 0 aliphatic carbocycles. The first-order valence-corrected chi connectivity index (χ1v) is 5.22. The van der Waals surface area contributed by atoms with E-state index < -0.39 is 11.7 Å². The van der Waals surface area contributed by atoms with Crippen LogP contribution in [0.3, 0.4) is 0 Å². The molecule has 5 heteroatoms. The lowest BCUT2D eigenvalue weighted by molar-refractivity contribution is -0.120. The number of carbonyl (C=O) groups is 2. The summed E-state index contributed by atoms with van der Waals surface area (Å²) in [7, 11) is 0. The van der Waals surface area contributed by atoms with E-state index in [0.717, 1.165) is 0 Å². The molecule has 92 valence electrons. The number of benzene rings is 1. The van der Waals surface area contributed by atoms with Gasteiger partial charge in [0.25, 0.3) is 5.91 Å². The molecule has 0 bridgehead atoms. The maximum absolute atomic E-state index is 12.7. The summed E-state index contributed by atoms with van der Waals surface area (Å²) in [5.41, 5.74) is 0.475. The third-order valence-electron chi connectivity index (χ3n) is 2.50. The Bertz CT molecular complexity index is 585. The minimum atomic E-state index is -0.631. The molecule has 0 spiro atoms.